The predicted octanol–water partition coefficient (Wildman–Crippen LogP) is 3.88. The Hall–Kier alpha value is -2.77. The van der Waals surface area contributed by atoms with Crippen LogP contribution in [0.1, 0.15) is 52.5 Å². The van der Waals surface area contributed by atoms with Crippen LogP contribution in [-0.2, 0) is 25.6 Å². The van der Waals surface area contributed by atoms with E-state index in [-0.39, 0.29) is 37.6 Å². The number of alkyl carbamates (subject to hydrolysis) is 1. The summed E-state index contributed by atoms with van der Waals surface area (Å²) < 4.78 is 15.8. The molecule has 0 bridgehead atoms. The molecule has 0 aromatic heterocycles. The number of carbonyl (C=O) groups is 3. The summed E-state index contributed by atoms with van der Waals surface area (Å²) in [6, 6.07) is 8.95. The van der Waals surface area contributed by atoms with Crippen LogP contribution in [0.25, 0.3) is 0 Å². The zero-order valence-corrected chi connectivity index (χ0v) is 18.9. The second-order valence-electron chi connectivity index (χ2n) is 8.63. The molecule has 0 spiro atoms. The molecule has 1 saturated heterocycles. The Morgan fingerprint density at radius 1 is 1.10 bits per heavy atom. The van der Waals surface area contributed by atoms with Gasteiger partial charge in [-0.1, -0.05) is 30.3 Å². The number of rotatable bonds is 7. The van der Waals surface area contributed by atoms with Gasteiger partial charge in [0.05, 0.1) is 13.0 Å². The number of ether oxygens (including phenoxy) is 3. The number of amides is 2. The van der Waals surface area contributed by atoms with Gasteiger partial charge in [-0.15, -0.1) is 0 Å². The number of piperidine rings is 1. The van der Waals surface area contributed by atoms with E-state index in [1.54, 1.807) is 11.8 Å². The van der Waals surface area contributed by atoms with Crippen molar-refractivity contribution in [2.75, 3.05) is 19.7 Å². The fraction of sp³-hybridized carbons (Fsp3) is 0.609. The number of nitrogens with one attached hydrogen (secondary N) is 1. The van der Waals surface area contributed by atoms with E-state index >= 15 is 0 Å². The Labute approximate surface area is 184 Å². The predicted molar refractivity (Wildman–Crippen MR) is 115 cm³/mol. The largest absolute Gasteiger partial charge is 0.466 e. The number of hydrogen-bond donors (Lipinski definition) is 1. The molecular weight excluding hydrogens is 400 g/mol. The van der Waals surface area contributed by atoms with E-state index in [1.165, 1.54) is 0 Å². The minimum Gasteiger partial charge on any atom is -0.466 e. The molecule has 2 rings (SSSR count). The van der Waals surface area contributed by atoms with Crippen molar-refractivity contribution < 1.29 is 28.6 Å². The summed E-state index contributed by atoms with van der Waals surface area (Å²) in [6.45, 7) is 8.66. The van der Waals surface area contributed by atoms with Crippen LogP contribution in [0.2, 0.25) is 0 Å². The van der Waals surface area contributed by atoms with Crippen molar-refractivity contribution >= 4 is 18.2 Å². The summed E-state index contributed by atoms with van der Waals surface area (Å²) in [5.41, 5.74) is 0.329. The monoisotopic (exact) mass is 434 g/mol. The Kier molecular flexibility index (Phi) is 9.15. The molecular formula is C23H34N2O6. The number of nitrogens with zero attached hydrogens (tertiary/aromatic N) is 1. The summed E-state index contributed by atoms with van der Waals surface area (Å²) in [6.07, 6.45) is 0.423. The number of likely N-dealkylation sites (tertiary alicyclic amines) is 1. The van der Waals surface area contributed by atoms with Gasteiger partial charge in [0.1, 0.15) is 12.2 Å². The lowest BCUT2D eigenvalue weighted by Crippen LogP contribution is -2.48. The highest BCUT2D eigenvalue weighted by atomic mass is 16.6. The van der Waals surface area contributed by atoms with Crippen LogP contribution in [-0.4, -0.2) is 54.4 Å². The average molecular weight is 435 g/mol. The highest BCUT2D eigenvalue weighted by molar-refractivity contribution is 5.73. The van der Waals surface area contributed by atoms with Crippen LogP contribution in [0.5, 0.6) is 0 Å². The Morgan fingerprint density at radius 3 is 2.32 bits per heavy atom. The molecule has 1 N–H and O–H groups in total. The second-order valence-corrected chi connectivity index (χ2v) is 8.63. The molecule has 8 nitrogen and oxygen atoms in total. The Morgan fingerprint density at radius 2 is 1.74 bits per heavy atom. The Balaban J connectivity index is 1.92. The van der Waals surface area contributed by atoms with Crippen molar-refractivity contribution in [1.82, 2.24) is 10.2 Å². The molecule has 1 heterocycles. The molecule has 2 amide bonds. The second kappa shape index (κ2) is 11.6. The lowest BCUT2D eigenvalue weighted by Gasteiger charge is -2.36. The summed E-state index contributed by atoms with van der Waals surface area (Å²) >= 11 is 0. The molecule has 0 aliphatic carbocycles. The van der Waals surface area contributed by atoms with E-state index < -0.39 is 17.7 Å². The van der Waals surface area contributed by atoms with E-state index in [0.717, 1.165) is 5.56 Å². The SMILES string of the molecule is CCOC(=O)CC(NC(=O)OCc1ccccc1)C1CCN(C(=O)OC(C)(C)C)CC1. The molecule has 8 heteroatoms. The van der Waals surface area contributed by atoms with Crippen molar-refractivity contribution in [2.24, 2.45) is 5.92 Å². The molecule has 1 atom stereocenters. The molecule has 1 aromatic rings. The van der Waals surface area contributed by atoms with Gasteiger partial charge in [-0.25, -0.2) is 9.59 Å². The molecule has 1 aromatic carbocycles. The molecule has 172 valence electrons. The lowest BCUT2D eigenvalue weighted by molar-refractivity contribution is -0.144. The maximum Gasteiger partial charge on any atom is 0.410 e. The van der Waals surface area contributed by atoms with Gasteiger partial charge in [0.15, 0.2) is 0 Å². The highest BCUT2D eigenvalue weighted by Gasteiger charge is 2.33. The minimum atomic E-state index is -0.576. The molecule has 1 fully saturated rings. The zero-order valence-electron chi connectivity index (χ0n) is 18.9. The maximum atomic E-state index is 12.4. The smallest absolute Gasteiger partial charge is 0.410 e. The molecule has 31 heavy (non-hydrogen) atoms. The fourth-order valence-corrected chi connectivity index (χ4v) is 3.46. The van der Waals surface area contributed by atoms with E-state index in [4.69, 9.17) is 14.2 Å². The van der Waals surface area contributed by atoms with E-state index in [1.807, 2.05) is 51.1 Å². The normalized spacial score (nSPS) is 15.7. The van der Waals surface area contributed by atoms with Gasteiger partial charge in [0.25, 0.3) is 0 Å². The molecule has 1 unspecified atom stereocenters. The number of benzene rings is 1. The van der Waals surface area contributed by atoms with Gasteiger partial charge in [0.2, 0.25) is 0 Å². The first-order valence-electron chi connectivity index (χ1n) is 10.8. The number of hydrogen-bond acceptors (Lipinski definition) is 6. The number of carbonyl (C=O) groups excluding carboxylic acids is 3. The maximum absolute atomic E-state index is 12.4. The molecule has 0 saturated carbocycles. The van der Waals surface area contributed by atoms with Crippen molar-refractivity contribution in [3.05, 3.63) is 35.9 Å². The minimum absolute atomic E-state index is 0.0207. The molecule has 1 aliphatic rings. The van der Waals surface area contributed by atoms with Crippen LogP contribution in [0.3, 0.4) is 0 Å². The quantitative estimate of drug-likeness (QED) is 0.517. The van der Waals surface area contributed by atoms with E-state index in [2.05, 4.69) is 5.32 Å². The van der Waals surface area contributed by atoms with Gasteiger partial charge >= 0.3 is 18.2 Å². The first kappa shape index (κ1) is 24.5. The first-order chi connectivity index (χ1) is 14.7. The van der Waals surface area contributed by atoms with Crippen LogP contribution >= 0.6 is 0 Å². The van der Waals surface area contributed by atoms with E-state index in [0.29, 0.717) is 25.9 Å². The standard InChI is InChI=1S/C23H34N2O6/c1-5-29-20(26)15-19(24-21(27)30-16-17-9-7-6-8-10-17)18-11-13-25(14-12-18)22(28)31-23(2,3)4/h6-10,18-19H,5,11-16H2,1-4H3,(H,24,27). The third kappa shape index (κ3) is 8.86. The van der Waals surface area contributed by atoms with Gasteiger partial charge in [0, 0.05) is 19.1 Å². The lowest BCUT2D eigenvalue weighted by atomic mass is 9.87. The topological polar surface area (TPSA) is 94.2 Å². The Bertz CT molecular complexity index is 723. The van der Waals surface area contributed by atoms with Crippen LogP contribution in [0, 0.1) is 5.92 Å². The van der Waals surface area contributed by atoms with Crippen molar-refractivity contribution in [1.29, 1.82) is 0 Å². The summed E-state index contributed by atoms with van der Waals surface area (Å²) in [5, 5.41) is 2.83. The average Bonchev–Trinajstić information content (AvgIpc) is 2.71. The summed E-state index contributed by atoms with van der Waals surface area (Å²) in [4.78, 5) is 38.4. The van der Waals surface area contributed by atoms with Crippen molar-refractivity contribution in [3.63, 3.8) is 0 Å². The summed E-state index contributed by atoms with van der Waals surface area (Å²) in [7, 11) is 0. The third-order valence-corrected chi connectivity index (χ3v) is 4.97. The van der Waals surface area contributed by atoms with Crippen LogP contribution in [0.15, 0.2) is 30.3 Å². The fourth-order valence-electron chi connectivity index (χ4n) is 3.46. The molecule has 1 aliphatic heterocycles. The zero-order chi connectivity index (χ0) is 22.9. The van der Waals surface area contributed by atoms with Gasteiger partial charge in [-0.3, -0.25) is 4.79 Å². The van der Waals surface area contributed by atoms with Gasteiger partial charge in [-0.05, 0) is 52.0 Å². The first-order valence-corrected chi connectivity index (χ1v) is 10.8. The van der Waals surface area contributed by atoms with E-state index in [9.17, 15) is 14.4 Å². The molecule has 0 radical (unpaired) electrons. The summed E-state index contributed by atoms with van der Waals surface area (Å²) in [5.74, 6) is -0.349. The highest BCUT2D eigenvalue weighted by Crippen LogP contribution is 2.24. The van der Waals surface area contributed by atoms with Crippen molar-refractivity contribution in [2.45, 2.75) is 65.2 Å². The number of esters is 1. The van der Waals surface area contributed by atoms with Crippen molar-refractivity contribution in [3.8, 4) is 0 Å². The van der Waals surface area contributed by atoms with Crippen LogP contribution < -0.4 is 5.32 Å². The third-order valence-electron chi connectivity index (χ3n) is 4.97. The van der Waals surface area contributed by atoms with Crippen LogP contribution in [0.4, 0.5) is 9.59 Å². The van der Waals surface area contributed by atoms with Gasteiger partial charge < -0.3 is 24.4 Å². The van der Waals surface area contributed by atoms with Gasteiger partial charge in [-0.2, -0.15) is 0 Å².